The van der Waals surface area contributed by atoms with Crippen molar-refractivity contribution in [1.82, 2.24) is 24.7 Å². The number of hydrogen-bond donors (Lipinski definition) is 1. The summed E-state index contributed by atoms with van der Waals surface area (Å²) >= 11 is 0. The molecule has 3 fully saturated rings. The van der Waals surface area contributed by atoms with E-state index < -0.39 is 10.0 Å². The molecule has 184 valence electrons. The quantitative estimate of drug-likeness (QED) is 0.688. The number of sulfonamides is 1. The highest BCUT2D eigenvalue weighted by molar-refractivity contribution is 7.89. The number of rotatable bonds is 5. The van der Waals surface area contributed by atoms with Crippen LogP contribution in [-0.2, 0) is 10.0 Å². The lowest BCUT2D eigenvalue weighted by molar-refractivity contribution is 0.166. The monoisotopic (exact) mass is 487 g/mol. The lowest BCUT2D eigenvalue weighted by Gasteiger charge is -2.33. The summed E-state index contributed by atoms with van der Waals surface area (Å²) in [6.07, 6.45) is 9.35. The lowest BCUT2D eigenvalue weighted by atomic mass is 9.95. The van der Waals surface area contributed by atoms with Gasteiger partial charge in [0.25, 0.3) is 0 Å². The molecule has 34 heavy (non-hydrogen) atoms. The van der Waals surface area contributed by atoms with E-state index in [-0.39, 0.29) is 22.9 Å². The molecule has 1 saturated carbocycles. The average molecular weight is 488 g/mol. The number of nitrogens with zero attached hydrogens (tertiary/aromatic N) is 4. The van der Waals surface area contributed by atoms with Gasteiger partial charge in [-0.15, -0.1) is 0 Å². The third-order valence-corrected chi connectivity index (χ3v) is 9.16. The Labute approximate surface area is 200 Å². The van der Waals surface area contributed by atoms with Gasteiger partial charge in [0.15, 0.2) is 0 Å². The number of urea groups is 1. The van der Waals surface area contributed by atoms with Gasteiger partial charge in [-0.1, -0.05) is 24.4 Å². The van der Waals surface area contributed by atoms with Crippen molar-refractivity contribution in [2.75, 3.05) is 26.2 Å². The van der Waals surface area contributed by atoms with Crippen LogP contribution in [0.3, 0.4) is 0 Å². The fourth-order valence-corrected chi connectivity index (χ4v) is 6.76. The topological polar surface area (TPSA) is 109 Å². The Hall–Kier alpha value is -2.46. The SMILES string of the molecule is O=C(NC1CCCCC1)N1CCC[C@H](c2nc(-c3ccc(S(=O)(=O)N4CCCC4)cc3)no2)C1. The minimum absolute atomic E-state index is 0.00178. The lowest BCUT2D eigenvalue weighted by Crippen LogP contribution is -2.48. The van der Waals surface area contributed by atoms with Crippen LogP contribution >= 0.6 is 0 Å². The molecule has 2 saturated heterocycles. The fourth-order valence-electron chi connectivity index (χ4n) is 5.25. The number of aromatic nitrogens is 2. The van der Waals surface area contributed by atoms with Gasteiger partial charge in [0.1, 0.15) is 0 Å². The number of benzene rings is 1. The molecule has 3 heterocycles. The van der Waals surface area contributed by atoms with E-state index in [0.29, 0.717) is 36.9 Å². The normalized spacial score (nSPS) is 22.7. The van der Waals surface area contributed by atoms with Crippen molar-refractivity contribution in [2.24, 2.45) is 0 Å². The zero-order valence-corrected chi connectivity index (χ0v) is 20.3. The molecule has 0 spiro atoms. The molecule has 9 nitrogen and oxygen atoms in total. The summed E-state index contributed by atoms with van der Waals surface area (Å²) in [5.41, 5.74) is 0.707. The molecule has 2 aromatic rings. The van der Waals surface area contributed by atoms with Crippen molar-refractivity contribution in [3.8, 4) is 11.4 Å². The Balaban J connectivity index is 1.23. The fraction of sp³-hybridized carbons (Fsp3) is 0.625. The summed E-state index contributed by atoms with van der Waals surface area (Å²) in [4.78, 5) is 19.5. The summed E-state index contributed by atoms with van der Waals surface area (Å²) in [6.45, 7) is 2.46. The van der Waals surface area contributed by atoms with Crippen LogP contribution in [0.2, 0.25) is 0 Å². The van der Waals surface area contributed by atoms with Crippen LogP contribution in [0.4, 0.5) is 4.79 Å². The maximum absolute atomic E-state index is 12.8. The summed E-state index contributed by atoms with van der Waals surface area (Å²) in [5.74, 6) is 0.963. The van der Waals surface area contributed by atoms with Crippen LogP contribution in [0, 0.1) is 0 Å². The molecule has 0 radical (unpaired) electrons. The molecule has 2 amide bonds. The summed E-state index contributed by atoms with van der Waals surface area (Å²) < 4.78 is 32.6. The number of carbonyl (C=O) groups is 1. The van der Waals surface area contributed by atoms with E-state index in [1.807, 2.05) is 4.90 Å². The maximum atomic E-state index is 12.8. The highest BCUT2D eigenvalue weighted by Crippen LogP contribution is 2.29. The van der Waals surface area contributed by atoms with Crippen molar-refractivity contribution in [3.63, 3.8) is 0 Å². The number of carbonyl (C=O) groups excluding carboxylic acids is 1. The minimum Gasteiger partial charge on any atom is -0.339 e. The van der Waals surface area contributed by atoms with E-state index in [1.165, 1.54) is 23.6 Å². The summed E-state index contributed by atoms with van der Waals surface area (Å²) in [7, 11) is -3.45. The van der Waals surface area contributed by atoms with Crippen LogP contribution < -0.4 is 5.32 Å². The molecular weight excluding hydrogens is 454 g/mol. The van der Waals surface area contributed by atoms with Gasteiger partial charge in [-0.3, -0.25) is 0 Å². The average Bonchev–Trinajstić information content (AvgIpc) is 3.58. The molecule has 5 rings (SSSR count). The number of likely N-dealkylation sites (tertiary alicyclic amines) is 1. The van der Waals surface area contributed by atoms with Crippen LogP contribution in [-0.4, -0.2) is 66.0 Å². The van der Waals surface area contributed by atoms with E-state index in [9.17, 15) is 13.2 Å². The third kappa shape index (κ3) is 4.98. The second-order valence-electron chi connectivity index (χ2n) is 9.66. The van der Waals surface area contributed by atoms with E-state index in [1.54, 1.807) is 24.3 Å². The van der Waals surface area contributed by atoms with Gasteiger partial charge in [-0.25, -0.2) is 13.2 Å². The molecule has 1 aliphatic carbocycles. The van der Waals surface area contributed by atoms with E-state index in [4.69, 9.17) is 4.52 Å². The van der Waals surface area contributed by atoms with Crippen LogP contribution in [0.1, 0.15) is 69.6 Å². The molecule has 3 aliphatic rings. The molecule has 1 atom stereocenters. The van der Waals surface area contributed by atoms with Crippen LogP contribution in [0.25, 0.3) is 11.4 Å². The first kappa shape index (κ1) is 23.3. The van der Waals surface area contributed by atoms with Crippen molar-refractivity contribution < 1.29 is 17.7 Å². The molecular formula is C24H33N5O4S. The Morgan fingerprint density at radius 3 is 2.41 bits per heavy atom. The van der Waals surface area contributed by atoms with Crippen molar-refractivity contribution in [1.29, 1.82) is 0 Å². The number of piperidine rings is 1. The first-order valence-electron chi connectivity index (χ1n) is 12.5. The van der Waals surface area contributed by atoms with Crippen LogP contribution in [0.5, 0.6) is 0 Å². The smallest absolute Gasteiger partial charge is 0.317 e. The second-order valence-corrected chi connectivity index (χ2v) is 11.6. The Kier molecular flexibility index (Phi) is 6.87. The van der Waals surface area contributed by atoms with Gasteiger partial charge in [0, 0.05) is 37.8 Å². The van der Waals surface area contributed by atoms with Gasteiger partial charge < -0.3 is 14.7 Å². The largest absolute Gasteiger partial charge is 0.339 e. The van der Waals surface area contributed by atoms with Gasteiger partial charge in [-0.05, 0) is 62.8 Å². The van der Waals surface area contributed by atoms with E-state index in [2.05, 4.69) is 15.5 Å². The first-order chi connectivity index (χ1) is 16.5. The molecule has 0 bridgehead atoms. The number of nitrogens with one attached hydrogen (secondary N) is 1. The van der Waals surface area contributed by atoms with Gasteiger partial charge in [-0.2, -0.15) is 9.29 Å². The highest BCUT2D eigenvalue weighted by atomic mass is 32.2. The van der Waals surface area contributed by atoms with E-state index in [0.717, 1.165) is 45.1 Å². The second kappa shape index (κ2) is 10.0. The van der Waals surface area contributed by atoms with Gasteiger partial charge in [0.2, 0.25) is 21.7 Å². The Morgan fingerprint density at radius 2 is 1.68 bits per heavy atom. The highest BCUT2D eigenvalue weighted by Gasteiger charge is 2.30. The molecule has 1 N–H and O–H groups in total. The molecule has 2 aliphatic heterocycles. The zero-order chi connectivity index (χ0) is 23.5. The van der Waals surface area contributed by atoms with Gasteiger partial charge >= 0.3 is 6.03 Å². The molecule has 10 heteroatoms. The van der Waals surface area contributed by atoms with Crippen molar-refractivity contribution in [3.05, 3.63) is 30.2 Å². The first-order valence-corrected chi connectivity index (χ1v) is 13.9. The standard InChI is InChI=1S/C24H33N5O4S/c30-24(25-20-8-2-1-3-9-20)28-14-6-7-19(17-28)23-26-22(27-33-23)18-10-12-21(13-11-18)34(31,32)29-15-4-5-16-29/h10-13,19-20H,1-9,14-17H2,(H,25,30)/t19-/m0/s1. The minimum atomic E-state index is -3.45. The predicted molar refractivity (Wildman–Crippen MR) is 127 cm³/mol. The Morgan fingerprint density at radius 1 is 0.941 bits per heavy atom. The van der Waals surface area contributed by atoms with Crippen molar-refractivity contribution >= 4 is 16.1 Å². The van der Waals surface area contributed by atoms with E-state index >= 15 is 0 Å². The van der Waals surface area contributed by atoms with Crippen molar-refractivity contribution in [2.45, 2.75) is 74.6 Å². The summed E-state index contributed by atoms with van der Waals surface area (Å²) in [6, 6.07) is 6.96. The maximum Gasteiger partial charge on any atom is 0.317 e. The number of amides is 2. The van der Waals surface area contributed by atoms with Crippen LogP contribution in [0.15, 0.2) is 33.7 Å². The third-order valence-electron chi connectivity index (χ3n) is 7.25. The zero-order valence-electron chi connectivity index (χ0n) is 19.5. The molecule has 1 aromatic heterocycles. The Bertz CT molecular complexity index is 1090. The van der Waals surface area contributed by atoms with Gasteiger partial charge in [0.05, 0.1) is 10.8 Å². The predicted octanol–water partition coefficient (Wildman–Crippen LogP) is 3.74. The number of hydrogen-bond acceptors (Lipinski definition) is 6. The summed E-state index contributed by atoms with van der Waals surface area (Å²) in [5, 5.41) is 7.33. The molecule has 1 aromatic carbocycles. The molecule has 0 unspecified atom stereocenters.